The van der Waals surface area contributed by atoms with Crippen molar-refractivity contribution >= 4 is 32.8 Å². The third kappa shape index (κ3) is 1.87. The molecule has 0 spiro atoms. The molecule has 1 aromatic carbocycles. The molecule has 0 atom stereocenters. The molecule has 0 aliphatic carbocycles. The number of oxazole rings is 1. The van der Waals surface area contributed by atoms with Crippen molar-refractivity contribution in [2.24, 2.45) is 0 Å². The predicted octanol–water partition coefficient (Wildman–Crippen LogP) is 2.41. The highest BCUT2D eigenvalue weighted by Crippen LogP contribution is 2.21. The molecule has 4 nitrogen and oxygen atoms in total. The molecule has 1 heterocycles. The van der Waals surface area contributed by atoms with E-state index < -0.39 is 0 Å². The normalized spacial score (nSPS) is 10.5. The summed E-state index contributed by atoms with van der Waals surface area (Å²) in [5.41, 5.74) is 1.84. The van der Waals surface area contributed by atoms with Crippen molar-refractivity contribution < 1.29 is 13.9 Å². The average molecular weight is 270 g/mol. The molecule has 15 heavy (non-hydrogen) atoms. The predicted molar refractivity (Wildman–Crippen MR) is 58.7 cm³/mol. The molecular weight excluding hydrogens is 262 g/mol. The summed E-state index contributed by atoms with van der Waals surface area (Å²) in [5.74, 6) is 0.0128. The molecule has 0 saturated heterocycles. The minimum absolute atomic E-state index is 0.0128. The van der Waals surface area contributed by atoms with Crippen molar-refractivity contribution in [1.82, 2.24) is 4.98 Å². The van der Waals surface area contributed by atoms with Gasteiger partial charge in [0, 0.05) is 5.56 Å². The second kappa shape index (κ2) is 4.02. The van der Waals surface area contributed by atoms with Gasteiger partial charge in [-0.2, -0.15) is 4.98 Å². The van der Waals surface area contributed by atoms with Crippen LogP contribution in [0.3, 0.4) is 0 Å². The van der Waals surface area contributed by atoms with Gasteiger partial charge in [-0.05, 0) is 18.2 Å². The Balaban J connectivity index is 2.50. The lowest BCUT2D eigenvalue weighted by Crippen LogP contribution is -1.98. The van der Waals surface area contributed by atoms with Crippen molar-refractivity contribution in [2.45, 2.75) is 0 Å². The number of ketones is 1. The number of halogens is 1. The molecule has 0 aliphatic rings. The largest absolute Gasteiger partial charge is 0.453 e. The number of aromatic nitrogens is 1. The van der Waals surface area contributed by atoms with E-state index in [-0.39, 0.29) is 11.9 Å². The van der Waals surface area contributed by atoms with Crippen LogP contribution < -0.4 is 4.74 Å². The van der Waals surface area contributed by atoms with Crippen LogP contribution in [0.1, 0.15) is 10.4 Å². The van der Waals surface area contributed by atoms with Gasteiger partial charge in [-0.1, -0.05) is 15.9 Å². The molecule has 78 valence electrons. The van der Waals surface area contributed by atoms with Gasteiger partial charge in [0.2, 0.25) is 0 Å². The van der Waals surface area contributed by atoms with Gasteiger partial charge in [-0.3, -0.25) is 4.79 Å². The number of benzene rings is 1. The molecule has 1 aromatic heterocycles. The number of hydrogen-bond acceptors (Lipinski definition) is 4. The lowest BCUT2D eigenvalue weighted by Gasteiger charge is -1.94. The molecule has 0 N–H and O–H groups in total. The molecule has 2 aromatic rings. The van der Waals surface area contributed by atoms with Crippen LogP contribution in [0.5, 0.6) is 6.08 Å². The van der Waals surface area contributed by atoms with Crippen molar-refractivity contribution in [3.8, 4) is 6.08 Å². The van der Waals surface area contributed by atoms with Crippen molar-refractivity contribution in [1.29, 1.82) is 0 Å². The van der Waals surface area contributed by atoms with Crippen LogP contribution >= 0.6 is 15.9 Å². The van der Waals surface area contributed by atoms with Crippen molar-refractivity contribution in [3.05, 3.63) is 23.8 Å². The van der Waals surface area contributed by atoms with E-state index in [9.17, 15) is 4.79 Å². The van der Waals surface area contributed by atoms with E-state index in [0.29, 0.717) is 22.0 Å². The summed E-state index contributed by atoms with van der Waals surface area (Å²) in [6, 6.07) is 5.10. The fourth-order valence-corrected chi connectivity index (χ4v) is 1.57. The first-order valence-corrected chi connectivity index (χ1v) is 5.40. The summed E-state index contributed by atoms with van der Waals surface area (Å²) in [6.07, 6.45) is 0.202. The first kappa shape index (κ1) is 10.2. The Morgan fingerprint density at radius 2 is 2.40 bits per heavy atom. The SMILES string of the molecule is COc1nc2cc(C(=O)CBr)ccc2o1. The van der Waals surface area contributed by atoms with Crippen molar-refractivity contribution in [3.63, 3.8) is 0 Å². The van der Waals surface area contributed by atoms with Gasteiger partial charge in [0.1, 0.15) is 5.52 Å². The number of methoxy groups -OCH3 is 1. The first-order chi connectivity index (χ1) is 7.24. The summed E-state index contributed by atoms with van der Waals surface area (Å²) in [5, 5.41) is 0.299. The molecule has 2 rings (SSSR count). The zero-order valence-electron chi connectivity index (χ0n) is 7.99. The Labute approximate surface area is 94.4 Å². The van der Waals surface area contributed by atoms with E-state index in [4.69, 9.17) is 9.15 Å². The Hall–Kier alpha value is -1.36. The van der Waals surface area contributed by atoms with E-state index in [0.717, 1.165) is 0 Å². The van der Waals surface area contributed by atoms with Gasteiger partial charge >= 0.3 is 6.08 Å². The van der Waals surface area contributed by atoms with E-state index in [2.05, 4.69) is 20.9 Å². The number of hydrogen-bond donors (Lipinski definition) is 0. The van der Waals surface area contributed by atoms with Crippen LogP contribution in [0.2, 0.25) is 0 Å². The van der Waals surface area contributed by atoms with Crippen LogP contribution in [-0.4, -0.2) is 23.2 Å². The molecule has 0 amide bonds. The highest BCUT2D eigenvalue weighted by molar-refractivity contribution is 9.09. The zero-order valence-corrected chi connectivity index (χ0v) is 9.58. The van der Waals surface area contributed by atoms with E-state index in [1.54, 1.807) is 18.2 Å². The molecule has 0 unspecified atom stereocenters. The maximum Gasteiger partial charge on any atom is 0.394 e. The molecule has 5 heteroatoms. The van der Waals surface area contributed by atoms with E-state index in [1.165, 1.54) is 7.11 Å². The monoisotopic (exact) mass is 269 g/mol. The maximum atomic E-state index is 11.4. The molecule has 0 saturated carbocycles. The highest BCUT2D eigenvalue weighted by atomic mass is 79.9. The maximum absolute atomic E-state index is 11.4. The number of rotatable bonds is 3. The second-order valence-corrected chi connectivity index (χ2v) is 3.48. The molecule has 0 bridgehead atoms. The summed E-state index contributed by atoms with van der Waals surface area (Å²) in [4.78, 5) is 15.4. The Morgan fingerprint density at radius 1 is 1.60 bits per heavy atom. The molecular formula is C10H8BrNO3. The molecule has 0 fully saturated rings. The third-order valence-electron chi connectivity index (χ3n) is 1.99. The quantitative estimate of drug-likeness (QED) is 0.634. The first-order valence-electron chi connectivity index (χ1n) is 4.28. The van der Waals surface area contributed by atoms with Crippen LogP contribution in [0.15, 0.2) is 22.6 Å². The smallest absolute Gasteiger partial charge is 0.394 e. The summed E-state index contributed by atoms with van der Waals surface area (Å²) < 4.78 is 10.1. The summed E-state index contributed by atoms with van der Waals surface area (Å²) in [6.45, 7) is 0. The zero-order chi connectivity index (χ0) is 10.8. The van der Waals surface area contributed by atoms with Gasteiger partial charge in [0.15, 0.2) is 11.4 Å². The number of carbonyl (C=O) groups excluding carboxylic acids is 1. The van der Waals surface area contributed by atoms with E-state index >= 15 is 0 Å². The number of Topliss-reactive ketones (excluding diaryl/α,β-unsaturated/α-hetero) is 1. The van der Waals surface area contributed by atoms with Crippen LogP contribution in [0.25, 0.3) is 11.1 Å². The minimum atomic E-state index is 0.0128. The van der Waals surface area contributed by atoms with Crippen LogP contribution in [0.4, 0.5) is 0 Å². The summed E-state index contributed by atoms with van der Waals surface area (Å²) >= 11 is 3.12. The molecule has 0 aliphatic heterocycles. The number of carbonyl (C=O) groups is 1. The molecule has 0 radical (unpaired) electrons. The fraction of sp³-hybridized carbons (Fsp3) is 0.200. The Morgan fingerprint density at radius 3 is 3.07 bits per heavy atom. The van der Waals surface area contributed by atoms with Crippen LogP contribution in [0, 0.1) is 0 Å². The number of fused-ring (bicyclic) bond motifs is 1. The lowest BCUT2D eigenvalue weighted by molar-refractivity contribution is 0.102. The standard InChI is InChI=1S/C10H8BrNO3/c1-14-10-12-7-4-6(8(13)5-11)2-3-9(7)15-10/h2-4H,5H2,1H3. The minimum Gasteiger partial charge on any atom is -0.453 e. The van der Waals surface area contributed by atoms with Gasteiger partial charge in [-0.15, -0.1) is 0 Å². The topological polar surface area (TPSA) is 52.3 Å². The van der Waals surface area contributed by atoms with Gasteiger partial charge in [0.05, 0.1) is 12.4 Å². The van der Waals surface area contributed by atoms with Crippen LogP contribution in [-0.2, 0) is 0 Å². The lowest BCUT2D eigenvalue weighted by atomic mass is 10.1. The number of ether oxygens (including phenoxy) is 1. The van der Waals surface area contributed by atoms with Gasteiger partial charge < -0.3 is 9.15 Å². The Kier molecular flexibility index (Phi) is 2.73. The van der Waals surface area contributed by atoms with Gasteiger partial charge in [-0.25, -0.2) is 0 Å². The van der Waals surface area contributed by atoms with E-state index in [1.807, 2.05) is 0 Å². The van der Waals surface area contributed by atoms with Gasteiger partial charge in [0.25, 0.3) is 0 Å². The third-order valence-corrected chi connectivity index (χ3v) is 2.50. The number of nitrogens with zero attached hydrogens (tertiary/aromatic N) is 1. The summed E-state index contributed by atoms with van der Waals surface area (Å²) in [7, 11) is 1.48. The fourth-order valence-electron chi connectivity index (χ4n) is 1.24. The highest BCUT2D eigenvalue weighted by Gasteiger charge is 2.09. The second-order valence-electron chi connectivity index (χ2n) is 2.92. The Bertz CT molecular complexity index is 506. The average Bonchev–Trinajstić information content (AvgIpc) is 2.69. The van der Waals surface area contributed by atoms with Crippen molar-refractivity contribution in [2.75, 3.05) is 12.4 Å². The number of alkyl halides is 1.